The first-order valence-electron chi connectivity index (χ1n) is 5.94. The molecule has 1 N–H and O–H groups in total. The third-order valence-electron chi connectivity index (χ3n) is 3.34. The summed E-state index contributed by atoms with van der Waals surface area (Å²) in [4.78, 5) is 27.2. The number of carbonyl (C=O) groups excluding carboxylic acids is 2. The molecule has 2 fully saturated rings. The zero-order chi connectivity index (χ0) is 11.5. The van der Waals surface area contributed by atoms with Gasteiger partial charge in [0.15, 0.2) is 0 Å². The van der Waals surface area contributed by atoms with Crippen molar-refractivity contribution in [1.82, 2.24) is 15.1 Å². The quantitative estimate of drug-likeness (QED) is 0.650. The standard InChI is InChI=1S/C11H19N3O2/c1-13-6-3-7-14(8-10(13)15)11(16)9-4-2-5-12-9/h9,12H,2-8H2,1H3/t9-/m0/s1. The van der Waals surface area contributed by atoms with Gasteiger partial charge in [-0.1, -0.05) is 0 Å². The van der Waals surface area contributed by atoms with E-state index in [9.17, 15) is 9.59 Å². The van der Waals surface area contributed by atoms with Gasteiger partial charge in [0.25, 0.3) is 0 Å². The molecule has 2 aliphatic heterocycles. The number of nitrogens with one attached hydrogen (secondary N) is 1. The molecule has 2 aliphatic rings. The van der Waals surface area contributed by atoms with Crippen LogP contribution in [0.15, 0.2) is 0 Å². The lowest BCUT2D eigenvalue weighted by atomic mass is 10.2. The van der Waals surface area contributed by atoms with Crippen molar-refractivity contribution in [2.24, 2.45) is 0 Å². The van der Waals surface area contributed by atoms with Crippen LogP contribution in [0.1, 0.15) is 19.3 Å². The first-order valence-corrected chi connectivity index (χ1v) is 5.94. The van der Waals surface area contributed by atoms with E-state index in [1.807, 2.05) is 0 Å². The van der Waals surface area contributed by atoms with Gasteiger partial charge in [0.05, 0.1) is 12.6 Å². The Morgan fingerprint density at radius 1 is 1.38 bits per heavy atom. The van der Waals surface area contributed by atoms with E-state index in [0.29, 0.717) is 6.54 Å². The van der Waals surface area contributed by atoms with Crippen molar-refractivity contribution < 1.29 is 9.59 Å². The van der Waals surface area contributed by atoms with Crippen molar-refractivity contribution in [1.29, 1.82) is 0 Å². The third kappa shape index (κ3) is 2.35. The zero-order valence-corrected chi connectivity index (χ0v) is 9.74. The van der Waals surface area contributed by atoms with E-state index in [1.165, 1.54) is 0 Å². The summed E-state index contributed by atoms with van der Waals surface area (Å²) < 4.78 is 0. The molecular weight excluding hydrogens is 206 g/mol. The lowest BCUT2D eigenvalue weighted by molar-refractivity contribution is -0.139. The summed E-state index contributed by atoms with van der Waals surface area (Å²) in [5.41, 5.74) is 0. The Labute approximate surface area is 95.8 Å². The second-order valence-electron chi connectivity index (χ2n) is 4.58. The summed E-state index contributed by atoms with van der Waals surface area (Å²) in [6, 6.07) is -0.0591. The van der Waals surface area contributed by atoms with Gasteiger partial charge >= 0.3 is 0 Å². The number of amides is 2. The molecule has 5 heteroatoms. The fourth-order valence-electron chi connectivity index (χ4n) is 2.29. The lowest BCUT2D eigenvalue weighted by Gasteiger charge is -2.23. The molecule has 0 unspecified atom stereocenters. The summed E-state index contributed by atoms with van der Waals surface area (Å²) in [5.74, 6) is 0.144. The predicted molar refractivity (Wildman–Crippen MR) is 59.9 cm³/mol. The normalized spacial score (nSPS) is 27.1. The summed E-state index contributed by atoms with van der Waals surface area (Å²) in [7, 11) is 1.80. The Balaban J connectivity index is 1.97. The minimum absolute atomic E-state index is 0.0452. The Bertz CT molecular complexity index is 287. The molecule has 0 aromatic heterocycles. The molecule has 5 nitrogen and oxygen atoms in total. The Kier molecular flexibility index (Phi) is 3.43. The highest BCUT2D eigenvalue weighted by atomic mass is 16.2. The lowest BCUT2D eigenvalue weighted by Crippen LogP contribution is -2.46. The minimum atomic E-state index is -0.0591. The molecule has 90 valence electrons. The first-order chi connectivity index (χ1) is 7.68. The molecule has 2 amide bonds. The van der Waals surface area contributed by atoms with Crippen LogP contribution in [0.25, 0.3) is 0 Å². The van der Waals surface area contributed by atoms with Gasteiger partial charge in [-0.25, -0.2) is 0 Å². The molecule has 1 atom stereocenters. The van der Waals surface area contributed by atoms with E-state index in [2.05, 4.69) is 5.32 Å². The minimum Gasteiger partial charge on any atom is -0.344 e. The second-order valence-corrected chi connectivity index (χ2v) is 4.58. The first kappa shape index (κ1) is 11.4. The Morgan fingerprint density at radius 2 is 2.19 bits per heavy atom. The summed E-state index contributed by atoms with van der Waals surface area (Å²) >= 11 is 0. The molecule has 0 aliphatic carbocycles. The van der Waals surface area contributed by atoms with Crippen molar-refractivity contribution in [2.45, 2.75) is 25.3 Å². The number of likely N-dealkylation sites (N-methyl/N-ethyl adjacent to an activating group) is 1. The van der Waals surface area contributed by atoms with Crippen LogP contribution in [0.2, 0.25) is 0 Å². The van der Waals surface area contributed by atoms with Gasteiger partial charge in [-0.15, -0.1) is 0 Å². The smallest absolute Gasteiger partial charge is 0.241 e. The molecule has 2 saturated heterocycles. The number of rotatable bonds is 1. The molecule has 2 rings (SSSR count). The van der Waals surface area contributed by atoms with E-state index in [-0.39, 0.29) is 24.4 Å². The van der Waals surface area contributed by atoms with Crippen molar-refractivity contribution >= 4 is 11.8 Å². The van der Waals surface area contributed by atoms with Crippen LogP contribution < -0.4 is 5.32 Å². The van der Waals surface area contributed by atoms with Crippen molar-refractivity contribution in [3.63, 3.8) is 0 Å². The van der Waals surface area contributed by atoms with Crippen LogP contribution in [0.4, 0.5) is 0 Å². The van der Waals surface area contributed by atoms with Gasteiger partial charge in [-0.3, -0.25) is 9.59 Å². The van der Waals surface area contributed by atoms with Gasteiger partial charge in [0.1, 0.15) is 0 Å². The SMILES string of the molecule is CN1CCCN(C(=O)[C@@H]2CCCN2)CC1=O. The fraction of sp³-hybridized carbons (Fsp3) is 0.818. The summed E-state index contributed by atoms with van der Waals surface area (Å²) in [6.07, 6.45) is 2.83. The van der Waals surface area contributed by atoms with Gasteiger partial charge in [0.2, 0.25) is 11.8 Å². The van der Waals surface area contributed by atoms with Crippen LogP contribution >= 0.6 is 0 Å². The molecule has 0 aromatic carbocycles. The maximum atomic E-state index is 12.1. The number of carbonyl (C=O) groups is 2. The maximum Gasteiger partial charge on any atom is 0.241 e. The molecular formula is C11H19N3O2. The molecule has 0 spiro atoms. The highest BCUT2D eigenvalue weighted by Crippen LogP contribution is 2.11. The third-order valence-corrected chi connectivity index (χ3v) is 3.34. The van der Waals surface area contributed by atoms with Gasteiger partial charge in [0, 0.05) is 20.1 Å². The second kappa shape index (κ2) is 4.82. The number of nitrogens with zero attached hydrogens (tertiary/aromatic N) is 2. The van der Waals surface area contributed by atoms with Crippen LogP contribution in [-0.2, 0) is 9.59 Å². The average Bonchev–Trinajstić information content (AvgIpc) is 2.74. The molecule has 0 bridgehead atoms. The zero-order valence-electron chi connectivity index (χ0n) is 9.74. The molecule has 0 radical (unpaired) electrons. The van der Waals surface area contributed by atoms with Crippen LogP contribution in [0.3, 0.4) is 0 Å². The Morgan fingerprint density at radius 3 is 2.88 bits per heavy atom. The highest BCUT2D eigenvalue weighted by molar-refractivity contribution is 5.88. The molecule has 0 saturated carbocycles. The number of hydrogen-bond acceptors (Lipinski definition) is 3. The number of hydrogen-bond donors (Lipinski definition) is 1. The van der Waals surface area contributed by atoms with Gasteiger partial charge in [-0.2, -0.15) is 0 Å². The van der Waals surface area contributed by atoms with Crippen LogP contribution in [0, 0.1) is 0 Å². The summed E-state index contributed by atoms with van der Waals surface area (Å²) in [6.45, 7) is 2.61. The fourth-order valence-corrected chi connectivity index (χ4v) is 2.29. The molecule has 0 aromatic rings. The van der Waals surface area contributed by atoms with E-state index in [1.54, 1.807) is 16.8 Å². The topological polar surface area (TPSA) is 52.6 Å². The van der Waals surface area contributed by atoms with Crippen LogP contribution in [0.5, 0.6) is 0 Å². The van der Waals surface area contributed by atoms with Crippen LogP contribution in [-0.4, -0.2) is 60.9 Å². The maximum absolute atomic E-state index is 12.1. The summed E-state index contributed by atoms with van der Waals surface area (Å²) in [5, 5.41) is 3.18. The largest absolute Gasteiger partial charge is 0.344 e. The predicted octanol–water partition coefficient (Wildman–Crippen LogP) is -0.571. The average molecular weight is 225 g/mol. The van der Waals surface area contributed by atoms with Crippen molar-refractivity contribution in [3.05, 3.63) is 0 Å². The van der Waals surface area contributed by atoms with Crippen molar-refractivity contribution in [2.75, 3.05) is 33.2 Å². The van der Waals surface area contributed by atoms with E-state index in [4.69, 9.17) is 0 Å². The van der Waals surface area contributed by atoms with E-state index >= 15 is 0 Å². The van der Waals surface area contributed by atoms with E-state index in [0.717, 1.165) is 32.4 Å². The molecule has 16 heavy (non-hydrogen) atoms. The van der Waals surface area contributed by atoms with E-state index < -0.39 is 0 Å². The highest BCUT2D eigenvalue weighted by Gasteiger charge is 2.29. The van der Waals surface area contributed by atoms with Crippen molar-refractivity contribution in [3.8, 4) is 0 Å². The monoisotopic (exact) mass is 225 g/mol. The molecule has 2 heterocycles. The Hall–Kier alpha value is -1.10. The van der Waals surface area contributed by atoms with Gasteiger partial charge in [-0.05, 0) is 25.8 Å². The van der Waals surface area contributed by atoms with Gasteiger partial charge < -0.3 is 15.1 Å².